The zero-order valence-electron chi connectivity index (χ0n) is 30.2. The van der Waals surface area contributed by atoms with Crippen molar-refractivity contribution in [3.05, 3.63) is 233 Å². The molecule has 0 fully saturated rings. The Kier molecular flexibility index (Phi) is 19.4. The van der Waals surface area contributed by atoms with E-state index in [1.165, 1.54) is 6.08 Å². The molecular formula is C51H34CoN4-6. The van der Waals surface area contributed by atoms with Gasteiger partial charge in [-0.15, -0.1) is 31.8 Å². The number of nitrogens with zero attached hydrogens (tertiary/aromatic N) is 2. The van der Waals surface area contributed by atoms with Crippen LogP contribution in [0.2, 0.25) is 0 Å². The third-order valence-electron chi connectivity index (χ3n) is 6.83. The Hall–Kier alpha value is -7.64. The number of allylic oxidation sites excluding steroid dienone is 6. The van der Waals surface area contributed by atoms with Crippen LogP contribution in [0.3, 0.4) is 0 Å². The standard InChI is InChI=1S/C19H14N4.4C8H5.Co/c1-3-14(20)10-15-6-7-18(22-15)12-19-9-8-17(23-19)11-16-5-4-13(2)21-16;4*1-2-8-6-4-3-5-7-8;/h1-12,20,22H;4*1,4-7H;/q-2;4*-1;. The molecule has 56 heavy (non-hydrogen) atoms. The summed E-state index contributed by atoms with van der Waals surface area (Å²) in [6, 6.07) is 44.5. The molecule has 5 heteroatoms. The van der Waals surface area contributed by atoms with Crippen molar-refractivity contribution in [2.24, 2.45) is 9.98 Å². The van der Waals surface area contributed by atoms with Crippen molar-refractivity contribution < 1.29 is 15.3 Å². The van der Waals surface area contributed by atoms with E-state index in [-0.39, 0.29) is 5.70 Å². The van der Waals surface area contributed by atoms with Gasteiger partial charge in [0.15, 0.2) is 0 Å². The summed E-state index contributed by atoms with van der Waals surface area (Å²) in [5.74, 6) is 10.0. The molecule has 7 rings (SSSR count). The summed E-state index contributed by atoms with van der Waals surface area (Å²) in [6.07, 6.45) is 34.8. The van der Waals surface area contributed by atoms with Crippen LogP contribution in [-0.2, 0) is 15.3 Å². The number of rotatable bonds is 5. The van der Waals surface area contributed by atoms with Crippen molar-refractivity contribution in [3.8, 4) is 49.4 Å². The molecule has 0 atom stereocenters. The molecule has 5 aromatic rings. The average molecular weight is 762 g/mol. The number of hydrogen-bond donors (Lipinski definition) is 1. The number of hydrogen-bond acceptors (Lipinski definition) is 2. The molecular weight excluding hydrogens is 728 g/mol. The molecule has 273 valence electrons. The van der Waals surface area contributed by atoms with Crippen LogP contribution in [0.4, 0.5) is 0 Å². The van der Waals surface area contributed by atoms with Crippen LogP contribution >= 0.6 is 0 Å². The summed E-state index contributed by atoms with van der Waals surface area (Å²) in [4.78, 5) is 13.8. The number of terminal acetylenes is 4. The molecule has 1 aromatic heterocycles. The van der Waals surface area contributed by atoms with E-state index in [4.69, 9.17) is 38.0 Å². The second kappa shape index (κ2) is 25.4. The molecule has 0 bridgehead atoms. The molecule has 4 aromatic carbocycles. The van der Waals surface area contributed by atoms with Crippen molar-refractivity contribution >= 4 is 28.5 Å². The summed E-state index contributed by atoms with van der Waals surface area (Å²) >= 11 is 4.14. The number of H-pyrrole nitrogens is 1. The monoisotopic (exact) mass is 761 g/mol. The van der Waals surface area contributed by atoms with Gasteiger partial charge in [0.25, 0.3) is 0 Å². The van der Waals surface area contributed by atoms with Gasteiger partial charge < -0.3 is 11.4 Å². The minimum atomic E-state index is 0.256. The summed E-state index contributed by atoms with van der Waals surface area (Å²) in [5, 5.41) is 0. The van der Waals surface area contributed by atoms with Gasteiger partial charge in [-0.2, -0.15) is 121 Å². The molecule has 0 amide bonds. The molecule has 0 aliphatic carbocycles. The van der Waals surface area contributed by atoms with Crippen molar-refractivity contribution in [3.63, 3.8) is 0 Å². The first kappa shape index (κ1) is 42.8. The third-order valence-corrected chi connectivity index (χ3v) is 7.13. The summed E-state index contributed by atoms with van der Waals surface area (Å²) < 4.78 is 0. The molecule has 2 aliphatic heterocycles. The van der Waals surface area contributed by atoms with E-state index in [1.807, 2.05) is 97.1 Å². The Balaban J connectivity index is 0.000000214. The maximum atomic E-state index is 7.54. The molecule has 0 radical (unpaired) electrons. The zero-order valence-corrected chi connectivity index (χ0v) is 31.2. The summed E-state index contributed by atoms with van der Waals surface area (Å²) in [5.41, 5.74) is 16.5. The van der Waals surface area contributed by atoms with Crippen molar-refractivity contribution in [1.82, 2.24) is 4.98 Å². The second-order valence-electron chi connectivity index (χ2n) is 10.8. The van der Waals surface area contributed by atoms with Crippen LogP contribution < -0.4 is 0 Å². The molecule has 4 nitrogen and oxygen atoms in total. The van der Waals surface area contributed by atoms with Gasteiger partial charge >= 0.3 is 118 Å². The van der Waals surface area contributed by atoms with E-state index in [9.17, 15) is 0 Å². The van der Waals surface area contributed by atoms with Gasteiger partial charge in [-0.25, -0.2) is 0 Å². The van der Waals surface area contributed by atoms with Crippen molar-refractivity contribution in [2.45, 2.75) is 0 Å². The molecule has 3 heterocycles. The van der Waals surface area contributed by atoms with Gasteiger partial charge in [0.1, 0.15) is 0 Å². The van der Waals surface area contributed by atoms with Crippen LogP contribution in [-0.4, -0.2) is 21.4 Å². The molecule has 0 unspecified atom stereocenters. The zero-order chi connectivity index (χ0) is 40.2. The summed E-state index contributed by atoms with van der Waals surface area (Å²) in [7, 11) is 0. The minimum absolute atomic E-state index is 0.256. The van der Waals surface area contributed by atoms with Gasteiger partial charge in [-0.3, -0.25) is 12.7 Å². The first-order valence-corrected chi connectivity index (χ1v) is 17.3. The predicted octanol–water partition coefficient (Wildman–Crippen LogP) is 9.86. The Morgan fingerprint density at radius 3 is 1.30 bits per heavy atom. The van der Waals surface area contributed by atoms with Gasteiger partial charge in [-0.1, -0.05) is 45.9 Å². The quantitative estimate of drug-likeness (QED) is 0.105. The van der Waals surface area contributed by atoms with E-state index in [0.29, 0.717) is 0 Å². The van der Waals surface area contributed by atoms with E-state index in [1.54, 1.807) is 59.6 Å². The first-order chi connectivity index (χ1) is 27.4. The number of aromatic amines is 1. The molecule has 0 spiro atoms. The predicted molar refractivity (Wildman–Crippen MR) is 230 cm³/mol. The molecule has 2 aliphatic rings. The van der Waals surface area contributed by atoms with Crippen LogP contribution in [0.15, 0.2) is 173 Å². The van der Waals surface area contributed by atoms with Gasteiger partial charge in [0.05, 0.1) is 0 Å². The van der Waals surface area contributed by atoms with E-state index in [2.05, 4.69) is 78.2 Å². The Morgan fingerprint density at radius 1 is 0.571 bits per heavy atom. The normalized spacial score (nSPS) is 13.1. The summed E-state index contributed by atoms with van der Waals surface area (Å²) in [6.45, 7) is 5.30. The Morgan fingerprint density at radius 2 is 0.946 bits per heavy atom. The first-order valence-electron chi connectivity index (χ1n) is 16.7. The fourth-order valence-corrected chi connectivity index (χ4v) is 4.31. The number of aromatic nitrogens is 1. The SMILES string of the molecule is C#Cc1cc[c-]cc1.C#Cc1cc[c-]cc1.C#Cc1cc[c-]cc1.C#Cc1cc[c-]cc1.[CH-]=CC([NH-])=Cc1ccc(C=C2C=CC(C=C3C=CC([CH]=[Co])=N3)=N2)[nH]1. The number of benzene rings is 4. The topological polar surface area (TPSA) is 64.3 Å². The Labute approximate surface area is 339 Å². The molecule has 0 saturated carbocycles. The van der Waals surface area contributed by atoms with Crippen LogP contribution in [0.25, 0.3) is 17.9 Å². The van der Waals surface area contributed by atoms with Crippen LogP contribution in [0, 0.1) is 80.2 Å². The van der Waals surface area contributed by atoms with E-state index >= 15 is 0 Å². The Bertz CT molecular complexity index is 2210. The maximum absolute atomic E-state index is 7.54. The van der Waals surface area contributed by atoms with E-state index in [0.717, 1.165) is 56.5 Å². The van der Waals surface area contributed by atoms with E-state index < -0.39 is 0 Å². The van der Waals surface area contributed by atoms with Gasteiger partial charge in [-0.05, 0) is 0 Å². The van der Waals surface area contributed by atoms with Gasteiger partial charge in [0, 0.05) is 0 Å². The van der Waals surface area contributed by atoms with Crippen LogP contribution in [0.1, 0.15) is 33.6 Å². The second-order valence-corrected chi connectivity index (χ2v) is 11.1. The average Bonchev–Trinajstić information content (AvgIpc) is 4.05. The van der Waals surface area contributed by atoms with Gasteiger partial charge in [0.2, 0.25) is 0 Å². The third kappa shape index (κ3) is 16.8. The molecule has 0 saturated heterocycles. The molecule has 2 N–H and O–H groups in total. The fourth-order valence-electron chi connectivity index (χ4n) is 4.14. The fraction of sp³-hybridized carbons (Fsp3) is 0. The van der Waals surface area contributed by atoms with Crippen molar-refractivity contribution in [2.75, 3.05) is 0 Å². The van der Waals surface area contributed by atoms with Crippen LogP contribution in [0.5, 0.6) is 0 Å². The number of nitrogens with one attached hydrogen (secondary N) is 2. The van der Waals surface area contributed by atoms with Crippen molar-refractivity contribution in [1.29, 1.82) is 0 Å². The number of aliphatic imine (C=N–C) groups is 2.